The van der Waals surface area contributed by atoms with Crippen molar-refractivity contribution >= 4 is 28.2 Å². The molecule has 0 fully saturated rings. The van der Waals surface area contributed by atoms with Gasteiger partial charge in [-0.2, -0.15) is 0 Å². The molecule has 3 rings (SSSR count). The molecule has 0 bridgehead atoms. The summed E-state index contributed by atoms with van der Waals surface area (Å²) < 4.78 is 38.5. The number of anilines is 2. The first kappa shape index (κ1) is 17.6. The number of rotatable bonds is 5. The zero-order valence-electron chi connectivity index (χ0n) is 14.2. The molecule has 5 nitrogen and oxygen atoms in total. The number of aromatic nitrogens is 1. The number of ether oxygens (including phenoxy) is 2. The second-order valence-corrected chi connectivity index (χ2v) is 5.35. The SMILES string of the molecule is CCOC(=O)c1cnc2c(OC)cccc2c1Nc1c(F)cccc1F. The second-order valence-electron chi connectivity index (χ2n) is 5.35. The molecule has 1 aromatic heterocycles. The zero-order chi connectivity index (χ0) is 18.7. The van der Waals surface area contributed by atoms with Crippen molar-refractivity contribution < 1.29 is 23.0 Å². The van der Waals surface area contributed by atoms with Crippen LogP contribution in [-0.2, 0) is 4.74 Å². The maximum Gasteiger partial charge on any atom is 0.341 e. The maximum atomic E-state index is 14.1. The van der Waals surface area contributed by atoms with E-state index >= 15 is 0 Å². The average molecular weight is 358 g/mol. The minimum Gasteiger partial charge on any atom is -0.494 e. The van der Waals surface area contributed by atoms with Crippen molar-refractivity contribution in [1.82, 2.24) is 4.98 Å². The summed E-state index contributed by atoms with van der Waals surface area (Å²) in [5, 5.41) is 3.17. The molecule has 0 radical (unpaired) electrons. The van der Waals surface area contributed by atoms with Crippen LogP contribution in [0, 0.1) is 11.6 Å². The van der Waals surface area contributed by atoms with Gasteiger partial charge in [0.25, 0.3) is 0 Å². The fourth-order valence-corrected chi connectivity index (χ4v) is 2.60. The molecule has 0 unspecified atom stereocenters. The lowest BCUT2D eigenvalue weighted by Crippen LogP contribution is -2.10. The lowest BCUT2D eigenvalue weighted by Gasteiger charge is -2.16. The zero-order valence-corrected chi connectivity index (χ0v) is 14.2. The number of hydrogen-bond donors (Lipinski definition) is 1. The van der Waals surface area contributed by atoms with Crippen LogP contribution >= 0.6 is 0 Å². The molecular weight excluding hydrogens is 342 g/mol. The highest BCUT2D eigenvalue weighted by Gasteiger charge is 2.20. The first-order valence-corrected chi connectivity index (χ1v) is 7.90. The number of halogens is 2. The Hall–Kier alpha value is -3.22. The fourth-order valence-electron chi connectivity index (χ4n) is 2.60. The third-order valence-corrected chi connectivity index (χ3v) is 3.79. The van der Waals surface area contributed by atoms with Gasteiger partial charge in [0.05, 0.1) is 19.4 Å². The van der Waals surface area contributed by atoms with E-state index in [0.717, 1.165) is 12.1 Å². The van der Waals surface area contributed by atoms with Gasteiger partial charge < -0.3 is 14.8 Å². The van der Waals surface area contributed by atoms with E-state index in [1.165, 1.54) is 19.4 Å². The monoisotopic (exact) mass is 358 g/mol. The third kappa shape index (κ3) is 3.15. The van der Waals surface area contributed by atoms with Crippen LogP contribution in [0.1, 0.15) is 17.3 Å². The molecule has 2 aromatic carbocycles. The molecule has 0 saturated heterocycles. The first-order valence-electron chi connectivity index (χ1n) is 7.90. The Kier molecular flexibility index (Phi) is 4.97. The molecule has 7 heteroatoms. The lowest BCUT2D eigenvalue weighted by atomic mass is 10.1. The Morgan fingerprint density at radius 1 is 1.12 bits per heavy atom. The molecule has 0 aliphatic carbocycles. The largest absolute Gasteiger partial charge is 0.494 e. The molecule has 1 N–H and O–H groups in total. The van der Waals surface area contributed by atoms with Crippen LogP contribution in [0.4, 0.5) is 20.2 Å². The number of para-hydroxylation sites is 2. The van der Waals surface area contributed by atoms with Crippen molar-refractivity contribution in [2.24, 2.45) is 0 Å². The predicted octanol–water partition coefficient (Wildman–Crippen LogP) is 4.44. The van der Waals surface area contributed by atoms with Gasteiger partial charge in [-0.25, -0.2) is 13.6 Å². The molecule has 0 saturated carbocycles. The Morgan fingerprint density at radius 2 is 1.81 bits per heavy atom. The summed E-state index contributed by atoms with van der Waals surface area (Å²) in [6.45, 7) is 1.82. The molecule has 26 heavy (non-hydrogen) atoms. The number of hydrogen-bond acceptors (Lipinski definition) is 5. The van der Waals surface area contributed by atoms with E-state index in [1.807, 2.05) is 0 Å². The fraction of sp³-hybridized carbons (Fsp3) is 0.158. The Balaban J connectivity index is 2.25. The number of pyridine rings is 1. The van der Waals surface area contributed by atoms with Crippen molar-refractivity contribution in [3.05, 3.63) is 59.8 Å². The quantitative estimate of drug-likeness (QED) is 0.683. The van der Waals surface area contributed by atoms with Crippen molar-refractivity contribution in [2.75, 3.05) is 19.0 Å². The van der Waals surface area contributed by atoms with Crippen LogP contribution in [0.2, 0.25) is 0 Å². The van der Waals surface area contributed by atoms with E-state index in [0.29, 0.717) is 16.7 Å². The highest BCUT2D eigenvalue weighted by Crippen LogP contribution is 2.35. The van der Waals surface area contributed by atoms with E-state index in [1.54, 1.807) is 25.1 Å². The predicted molar refractivity (Wildman–Crippen MR) is 93.9 cm³/mol. The van der Waals surface area contributed by atoms with Gasteiger partial charge in [-0.15, -0.1) is 0 Å². The summed E-state index contributed by atoms with van der Waals surface area (Å²) in [5.74, 6) is -1.75. The first-order chi connectivity index (χ1) is 12.6. The standard InChI is InChI=1S/C19H16F2N2O3/c1-3-26-19(24)12-10-22-17-11(6-4-9-15(17)25-2)16(12)23-18-13(20)7-5-8-14(18)21/h4-10H,3H2,1-2H3,(H,22,23). The number of nitrogens with one attached hydrogen (secondary N) is 1. The maximum absolute atomic E-state index is 14.1. The van der Waals surface area contributed by atoms with Crippen LogP contribution in [0.25, 0.3) is 10.9 Å². The molecule has 3 aromatic rings. The minimum atomic E-state index is -0.785. The summed E-state index contributed by atoms with van der Waals surface area (Å²) in [4.78, 5) is 16.6. The van der Waals surface area contributed by atoms with Crippen molar-refractivity contribution in [2.45, 2.75) is 6.92 Å². The second kappa shape index (κ2) is 7.35. The summed E-state index contributed by atoms with van der Waals surface area (Å²) in [5.41, 5.74) is 0.335. The normalized spacial score (nSPS) is 10.6. The Morgan fingerprint density at radius 3 is 2.46 bits per heavy atom. The van der Waals surface area contributed by atoms with Gasteiger partial charge in [0.1, 0.15) is 34.2 Å². The van der Waals surface area contributed by atoms with Gasteiger partial charge in [0.15, 0.2) is 0 Å². The van der Waals surface area contributed by atoms with Crippen molar-refractivity contribution in [1.29, 1.82) is 0 Å². The number of carbonyl (C=O) groups is 1. The molecule has 0 atom stereocenters. The highest BCUT2D eigenvalue weighted by atomic mass is 19.1. The van der Waals surface area contributed by atoms with E-state index in [9.17, 15) is 13.6 Å². The van der Waals surface area contributed by atoms with E-state index in [4.69, 9.17) is 9.47 Å². The van der Waals surface area contributed by atoms with Crippen LogP contribution in [0.15, 0.2) is 42.6 Å². The smallest absolute Gasteiger partial charge is 0.341 e. The summed E-state index contributed by atoms with van der Waals surface area (Å²) in [6, 6.07) is 8.58. The molecule has 0 aliphatic heterocycles. The van der Waals surface area contributed by atoms with E-state index in [-0.39, 0.29) is 23.5 Å². The van der Waals surface area contributed by atoms with Gasteiger partial charge >= 0.3 is 5.97 Å². The van der Waals surface area contributed by atoms with Crippen molar-refractivity contribution in [3.8, 4) is 5.75 Å². The molecule has 0 amide bonds. The molecule has 0 spiro atoms. The van der Waals surface area contributed by atoms with Crippen LogP contribution in [0.3, 0.4) is 0 Å². The van der Waals surface area contributed by atoms with Gasteiger partial charge in [-0.1, -0.05) is 18.2 Å². The molecule has 134 valence electrons. The topological polar surface area (TPSA) is 60.5 Å². The van der Waals surface area contributed by atoms with Gasteiger partial charge in [0.2, 0.25) is 0 Å². The summed E-state index contributed by atoms with van der Waals surface area (Å²) in [7, 11) is 1.49. The van der Waals surface area contributed by atoms with Gasteiger partial charge in [-0.05, 0) is 25.1 Å². The Bertz CT molecular complexity index is 956. The molecule has 0 aliphatic rings. The average Bonchev–Trinajstić information content (AvgIpc) is 2.64. The van der Waals surface area contributed by atoms with Crippen molar-refractivity contribution in [3.63, 3.8) is 0 Å². The summed E-state index contributed by atoms with van der Waals surface area (Å²) in [6.07, 6.45) is 1.30. The van der Waals surface area contributed by atoms with E-state index in [2.05, 4.69) is 10.3 Å². The summed E-state index contributed by atoms with van der Waals surface area (Å²) >= 11 is 0. The number of fused-ring (bicyclic) bond motifs is 1. The minimum absolute atomic E-state index is 0.0651. The van der Waals surface area contributed by atoms with E-state index < -0.39 is 17.6 Å². The lowest BCUT2D eigenvalue weighted by molar-refractivity contribution is 0.0527. The number of esters is 1. The highest BCUT2D eigenvalue weighted by molar-refractivity contribution is 6.07. The molecular formula is C19H16F2N2O3. The van der Waals surface area contributed by atoms with Crippen LogP contribution in [0.5, 0.6) is 5.75 Å². The van der Waals surface area contributed by atoms with Gasteiger partial charge in [-0.3, -0.25) is 4.98 Å². The van der Waals surface area contributed by atoms with Crippen LogP contribution in [-0.4, -0.2) is 24.7 Å². The number of methoxy groups -OCH3 is 1. The number of nitrogens with zero attached hydrogens (tertiary/aromatic N) is 1. The number of benzene rings is 2. The molecule has 1 heterocycles. The number of carbonyl (C=O) groups excluding carboxylic acids is 1. The third-order valence-electron chi connectivity index (χ3n) is 3.79. The van der Waals surface area contributed by atoms with Gasteiger partial charge in [0, 0.05) is 11.6 Å². The Labute approximate surface area is 148 Å². The van der Waals surface area contributed by atoms with Crippen LogP contribution < -0.4 is 10.1 Å².